The number of benzene rings is 1. The van der Waals surface area contributed by atoms with Crippen molar-refractivity contribution in [1.82, 2.24) is 9.97 Å². The first-order chi connectivity index (χ1) is 7.25. The van der Waals surface area contributed by atoms with Gasteiger partial charge in [-0.15, -0.1) is 0 Å². The number of rotatable bonds is 3. The number of hydrogen-bond acceptors (Lipinski definition) is 2. The molecule has 3 nitrogen and oxygen atoms in total. The van der Waals surface area contributed by atoms with Crippen molar-refractivity contribution in [3.63, 3.8) is 0 Å². The third-order valence-corrected chi connectivity index (χ3v) is 2.51. The quantitative estimate of drug-likeness (QED) is 0.836. The highest BCUT2D eigenvalue weighted by Crippen LogP contribution is 2.18. The summed E-state index contributed by atoms with van der Waals surface area (Å²) >= 11 is 5.90. The molecule has 0 saturated carbocycles. The molecular formula is C11H12ClN3. The molecule has 0 aliphatic heterocycles. The summed E-state index contributed by atoms with van der Waals surface area (Å²) in [5.74, 6) is 0. The molecule has 1 unspecified atom stereocenters. The van der Waals surface area contributed by atoms with Crippen LogP contribution in [0.4, 0.5) is 0 Å². The predicted octanol–water partition coefficient (Wildman–Crippen LogP) is 2.31. The van der Waals surface area contributed by atoms with Crippen LogP contribution in [0.15, 0.2) is 36.8 Å². The standard InChI is InChI=1S/C11H12ClN3/c12-9-3-1-2-8(4-9)11(13)5-10-6-14-7-15-10/h1-4,6-7,11H,5,13H2,(H,14,15). The first-order valence-electron chi connectivity index (χ1n) is 4.74. The van der Waals surface area contributed by atoms with Gasteiger partial charge in [0, 0.05) is 29.4 Å². The van der Waals surface area contributed by atoms with Gasteiger partial charge in [0.25, 0.3) is 0 Å². The molecule has 0 bridgehead atoms. The summed E-state index contributed by atoms with van der Waals surface area (Å²) in [7, 11) is 0. The SMILES string of the molecule is NC(Cc1cnc[nH]1)c1cccc(Cl)c1. The molecule has 78 valence electrons. The minimum absolute atomic E-state index is 0.0517. The van der Waals surface area contributed by atoms with Gasteiger partial charge in [-0.3, -0.25) is 0 Å². The summed E-state index contributed by atoms with van der Waals surface area (Å²) < 4.78 is 0. The smallest absolute Gasteiger partial charge is 0.0921 e. The van der Waals surface area contributed by atoms with Crippen LogP contribution >= 0.6 is 11.6 Å². The summed E-state index contributed by atoms with van der Waals surface area (Å²) in [4.78, 5) is 6.98. The van der Waals surface area contributed by atoms with Crippen LogP contribution in [-0.2, 0) is 6.42 Å². The molecule has 2 aromatic rings. The topological polar surface area (TPSA) is 54.7 Å². The van der Waals surface area contributed by atoms with Crippen molar-refractivity contribution in [1.29, 1.82) is 0 Å². The molecule has 0 aliphatic rings. The molecule has 2 rings (SSSR count). The van der Waals surface area contributed by atoms with Crippen LogP contribution in [0.2, 0.25) is 5.02 Å². The van der Waals surface area contributed by atoms with Crippen molar-refractivity contribution in [2.24, 2.45) is 5.73 Å². The van der Waals surface area contributed by atoms with Crippen molar-refractivity contribution in [3.05, 3.63) is 53.1 Å². The highest BCUT2D eigenvalue weighted by atomic mass is 35.5. The third kappa shape index (κ3) is 2.58. The van der Waals surface area contributed by atoms with E-state index in [1.807, 2.05) is 24.3 Å². The molecule has 0 fully saturated rings. The Bertz CT molecular complexity index is 425. The second kappa shape index (κ2) is 4.47. The lowest BCUT2D eigenvalue weighted by Gasteiger charge is -2.10. The number of hydrogen-bond donors (Lipinski definition) is 2. The van der Waals surface area contributed by atoms with Crippen molar-refractivity contribution in [3.8, 4) is 0 Å². The fraction of sp³-hybridized carbons (Fsp3) is 0.182. The second-order valence-corrected chi connectivity index (χ2v) is 3.88. The molecule has 15 heavy (non-hydrogen) atoms. The number of nitrogens with two attached hydrogens (primary N) is 1. The Morgan fingerprint density at radius 3 is 3.00 bits per heavy atom. The molecule has 0 radical (unpaired) electrons. The molecule has 0 spiro atoms. The van der Waals surface area contributed by atoms with E-state index < -0.39 is 0 Å². The van der Waals surface area contributed by atoms with E-state index in [9.17, 15) is 0 Å². The lowest BCUT2D eigenvalue weighted by Crippen LogP contribution is -2.13. The molecule has 3 N–H and O–H groups in total. The highest BCUT2D eigenvalue weighted by Gasteiger charge is 2.07. The molecule has 0 aliphatic carbocycles. The van der Waals surface area contributed by atoms with Crippen LogP contribution < -0.4 is 5.73 Å². The zero-order valence-corrected chi connectivity index (χ0v) is 8.91. The maximum Gasteiger partial charge on any atom is 0.0921 e. The number of nitrogens with one attached hydrogen (secondary N) is 1. The Kier molecular flexibility index (Phi) is 3.04. The van der Waals surface area contributed by atoms with E-state index >= 15 is 0 Å². The largest absolute Gasteiger partial charge is 0.348 e. The monoisotopic (exact) mass is 221 g/mol. The maximum atomic E-state index is 6.05. The van der Waals surface area contributed by atoms with Crippen LogP contribution in [0.5, 0.6) is 0 Å². The van der Waals surface area contributed by atoms with Gasteiger partial charge in [-0.05, 0) is 17.7 Å². The van der Waals surface area contributed by atoms with Crippen LogP contribution in [0.3, 0.4) is 0 Å². The van der Waals surface area contributed by atoms with E-state index in [0.717, 1.165) is 17.7 Å². The fourth-order valence-corrected chi connectivity index (χ4v) is 1.69. The van der Waals surface area contributed by atoms with E-state index in [0.29, 0.717) is 5.02 Å². The number of imidazole rings is 1. The molecule has 4 heteroatoms. The predicted molar refractivity (Wildman–Crippen MR) is 60.7 cm³/mol. The number of H-pyrrole nitrogens is 1. The molecule has 1 aromatic heterocycles. The molecule has 1 aromatic carbocycles. The van der Waals surface area contributed by atoms with Crippen molar-refractivity contribution >= 4 is 11.6 Å². The number of aromatic nitrogens is 2. The fourth-order valence-electron chi connectivity index (χ4n) is 1.49. The lowest BCUT2D eigenvalue weighted by molar-refractivity contribution is 0.710. The van der Waals surface area contributed by atoms with Gasteiger partial charge < -0.3 is 10.7 Å². The van der Waals surface area contributed by atoms with Crippen LogP contribution in [0, 0.1) is 0 Å². The Hall–Kier alpha value is -1.32. The van der Waals surface area contributed by atoms with Gasteiger partial charge in [-0.2, -0.15) is 0 Å². The Morgan fingerprint density at radius 1 is 1.47 bits per heavy atom. The Balaban J connectivity index is 2.11. The zero-order valence-electron chi connectivity index (χ0n) is 8.15. The molecule has 1 heterocycles. The third-order valence-electron chi connectivity index (χ3n) is 2.27. The number of aromatic amines is 1. The van der Waals surface area contributed by atoms with Crippen LogP contribution in [0.25, 0.3) is 0 Å². The highest BCUT2D eigenvalue weighted by molar-refractivity contribution is 6.30. The molecule has 0 amide bonds. The minimum atomic E-state index is -0.0517. The average Bonchev–Trinajstić information content (AvgIpc) is 2.70. The number of halogens is 1. The first-order valence-corrected chi connectivity index (χ1v) is 5.12. The molecule has 0 saturated heterocycles. The van der Waals surface area contributed by atoms with E-state index in [1.165, 1.54) is 0 Å². The van der Waals surface area contributed by atoms with Gasteiger partial charge in [-0.25, -0.2) is 4.98 Å². The van der Waals surface area contributed by atoms with E-state index in [1.54, 1.807) is 12.5 Å². The Labute approximate surface area is 93.3 Å². The van der Waals surface area contributed by atoms with Gasteiger partial charge in [0.2, 0.25) is 0 Å². The van der Waals surface area contributed by atoms with Crippen molar-refractivity contribution < 1.29 is 0 Å². The van der Waals surface area contributed by atoms with Gasteiger partial charge >= 0.3 is 0 Å². The van der Waals surface area contributed by atoms with Gasteiger partial charge in [0.15, 0.2) is 0 Å². The maximum absolute atomic E-state index is 6.05. The van der Waals surface area contributed by atoms with Crippen molar-refractivity contribution in [2.45, 2.75) is 12.5 Å². The normalized spacial score (nSPS) is 12.7. The van der Waals surface area contributed by atoms with Gasteiger partial charge in [-0.1, -0.05) is 23.7 Å². The zero-order chi connectivity index (χ0) is 10.7. The average molecular weight is 222 g/mol. The summed E-state index contributed by atoms with van der Waals surface area (Å²) in [5.41, 5.74) is 8.12. The summed E-state index contributed by atoms with van der Waals surface area (Å²) in [6, 6.07) is 7.57. The second-order valence-electron chi connectivity index (χ2n) is 3.44. The summed E-state index contributed by atoms with van der Waals surface area (Å²) in [6.07, 6.45) is 4.17. The lowest BCUT2D eigenvalue weighted by atomic mass is 10.0. The minimum Gasteiger partial charge on any atom is -0.348 e. The number of nitrogens with zero attached hydrogens (tertiary/aromatic N) is 1. The van der Waals surface area contributed by atoms with E-state index in [4.69, 9.17) is 17.3 Å². The van der Waals surface area contributed by atoms with E-state index in [2.05, 4.69) is 9.97 Å². The van der Waals surface area contributed by atoms with Crippen molar-refractivity contribution in [2.75, 3.05) is 0 Å². The van der Waals surface area contributed by atoms with Crippen LogP contribution in [0.1, 0.15) is 17.3 Å². The van der Waals surface area contributed by atoms with Gasteiger partial charge in [0.1, 0.15) is 0 Å². The van der Waals surface area contributed by atoms with Crippen LogP contribution in [-0.4, -0.2) is 9.97 Å². The summed E-state index contributed by atoms with van der Waals surface area (Å²) in [5, 5.41) is 0.715. The molecule has 1 atom stereocenters. The first kappa shape index (κ1) is 10.2. The summed E-state index contributed by atoms with van der Waals surface area (Å²) in [6.45, 7) is 0. The Morgan fingerprint density at radius 2 is 2.33 bits per heavy atom. The van der Waals surface area contributed by atoms with E-state index in [-0.39, 0.29) is 6.04 Å². The van der Waals surface area contributed by atoms with Gasteiger partial charge in [0.05, 0.1) is 6.33 Å². The molecular weight excluding hydrogens is 210 g/mol.